The molecule has 4 aromatic rings. The topological polar surface area (TPSA) is 57.2 Å². The number of carbonyl (C=O) groups is 1. The normalized spacial score (nSPS) is 11.4. The van der Waals surface area contributed by atoms with Crippen molar-refractivity contribution < 1.29 is 9.53 Å². The molecular weight excluding hydrogens is 395 g/mol. The van der Waals surface area contributed by atoms with Crippen molar-refractivity contribution in [3.05, 3.63) is 81.3 Å². The standard InChI is InChI=1S/C22H17Cl2N2O2/c1-28-12-13-5-7-16-20(9-13)26(11-14-10-15(23)6-8-18(14)24)19-4-2-3-17(21(16)19)22(25)27/h2-6,8-10H,11-12H2,1H3,(H2,25,27). The maximum Gasteiger partial charge on any atom is 0.249 e. The second kappa shape index (κ2) is 7.47. The van der Waals surface area contributed by atoms with Crippen molar-refractivity contribution in [2.75, 3.05) is 7.11 Å². The van der Waals surface area contributed by atoms with Crippen LogP contribution in [0.25, 0.3) is 21.8 Å². The predicted octanol–water partition coefficient (Wildman–Crippen LogP) is 5.20. The van der Waals surface area contributed by atoms with Gasteiger partial charge >= 0.3 is 0 Å². The summed E-state index contributed by atoms with van der Waals surface area (Å²) in [4.78, 5) is 12.0. The van der Waals surface area contributed by atoms with Gasteiger partial charge in [0.1, 0.15) is 0 Å². The first kappa shape index (κ1) is 18.8. The minimum atomic E-state index is -0.472. The average molecular weight is 412 g/mol. The van der Waals surface area contributed by atoms with Gasteiger partial charge in [-0.15, -0.1) is 0 Å². The summed E-state index contributed by atoms with van der Waals surface area (Å²) in [5.41, 5.74) is 9.78. The number of hydrogen-bond donors (Lipinski definition) is 1. The summed E-state index contributed by atoms with van der Waals surface area (Å²) in [6.45, 7) is 0.959. The number of primary amides is 1. The molecule has 1 amide bonds. The number of carbonyl (C=O) groups excluding carboxylic acids is 1. The Kier molecular flexibility index (Phi) is 5.02. The maximum atomic E-state index is 12.0. The molecule has 28 heavy (non-hydrogen) atoms. The van der Waals surface area contributed by atoms with E-state index in [2.05, 4.69) is 10.6 Å². The van der Waals surface area contributed by atoms with Gasteiger partial charge in [-0.1, -0.05) is 29.3 Å². The quantitative estimate of drug-likeness (QED) is 0.490. The zero-order valence-corrected chi connectivity index (χ0v) is 16.6. The van der Waals surface area contributed by atoms with Gasteiger partial charge in [-0.05, 0) is 59.7 Å². The molecule has 1 radical (unpaired) electrons. The molecule has 6 heteroatoms. The highest BCUT2D eigenvalue weighted by Crippen LogP contribution is 2.34. The van der Waals surface area contributed by atoms with Crippen LogP contribution in [0.1, 0.15) is 21.5 Å². The lowest BCUT2D eigenvalue weighted by Gasteiger charge is -2.11. The fourth-order valence-electron chi connectivity index (χ4n) is 3.56. The second-order valence-corrected chi connectivity index (χ2v) is 7.43. The molecule has 2 N–H and O–H groups in total. The molecule has 0 bridgehead atoms. The number of methoxy groups -OCH3 is 1. The van der Waals surface area contributed by atoms with Crippen LogP contribution in [0.5, 0.6) is 0 Å². The van der Waals surface area contributed by atoms with Gasteiger partial charge in [0.15, 0.2) is 0 Å². The number of hydrogen-bond acceptors (Lipinski definition) is 2. The molecule has 0 aliphatic carbocycles. The van der Waals surface area contributed by atoms with Crippen molar-refractivity contribution in [2.24, 2.45) is 5.73 Å². The highest BCUT2D eigenvalue weighted by Gasteiger charge is 2.18. The summed E-state index contributed by atoms with van der Waals surface area (Å²) in [7, 11) is 1.65. The Morgan fingerprint density at radius 2 is 2.00 bits per heavy atom. The first-order chi connectivity index (χ1) is 13.5. The van der Waals surface area contributed by atoms with Crippen molar-refractivity contribution >= 4 is 50.9 Å². The van der Waals surface area contributed by atoms with E-state index in [1.807, 2.05) is 30.3 Å². The average Bonchev–Trinajstić information content (AvgIpc) is 2.98. The van der Waals surface area contributed by atoms with Crippen LogP contribution in [0.15, 0.2) is 48.5 Å². The van der Waals surface area contributed by atoms with E-state index in [1.54, 1.807) is 25.3 Å². The number of aromatic nitrogens is 1. The fourth-order valence-corrected chi connectivity index (χ4v) is 3.93. The summed E-state index contributed by atoms with van der Waals surface area (Å²) in [5.74, 6) is -0.472. The molecule has 0 spiro atoms. The maximum absolute atomic E-state index is 12.0. The van der Waals surface area contributed by atoms with E-state index in [-0.39, 0.29) is 0 Å². The van der Waals surface area contributed by atoms with Crippen LogP contribution in [0, 0.1) is 6.07 Å². The van der Waals surface area contributed by atoms with Gasteiger partial charge in [0.05, 0.1) is 17.6 Å². The molecule has 3 aromatic carbocycles. The summed E-state index contributed by atoms with van der Waals surface area (Å²) < 4.78 is 7.37. The van der Waals surface area contributed by atoms with Crippen molar-refractivity contribution in [1.29, 1.82) is 0 Å². The molecule has 0 saturated carbocycles. The summed E-state index contributed by atoms with van der Waals surface area (Å²) in [6, 6.07) is 18.1. The third-order valence-electron chi connectivity index (χ3n) is 4.77. The Bertz CT molecular complexity index is 1210. The number of nitrogens with zero attached hydrogens (tertiary/aromatic N) is 1. The highest BCUT2D eigenvalue weighted by molar-refractivity contribution is 6.33. The Labute approximate surface area is 172 Å². The highest BCUT2D eigenvalue weighted by atomic mass is 35.5. The molecule has 4 rings (SSSR count). The first-order valence-corrected chi connectivity index (χ1v) is 9.43. The number of amides is 1. The van der Waals surface area contributed by atoms with E-state index in [0.29, 0.717) is 28.8 Å². The van der Waals surface area contributed by atoms with E-state index in [0.717, 1.165) is 32.9 Å². The van der Waals surface area contributed by atoms with Gasteiger partial charge in [0.2, 0.25) is 5.91 Å². The molecule has 141 valence electrons. The first-order valence-electron chi connectivity index (χ1n) is 8.67. The fraction of sp³-hybridized carbons (Fsp3) is 0.136. The predicted molar refractivity (Wildman–Crippen MR) is 113 cm³/mol. The SMILES string of the molecule is COCc1c[c]c2c3c(C(N)=O)cccc3n(Cc3cc(Cl)ccc3Cl)c2c1. The minimum Gasteiger partial charge on any atom is -0.380 e. The summed E-state index contributed by atoms with van der Waals surface area (Å²) >= 11 is 12.6. The second-order valence-electron chi connectivity index (χ2n) is 6.59. The van der Waals surface area contributed by atoms with Gasteiger partial charge in [0.25, 0.3) is 0 Å². The zero-order chi connectivity index (χ0) is 19.8. The molecule has 1 aromatic heterocycles. The Morgan fingerprint density at radius 1 is 1.18 bits per heavy atom. The van der Waals surface area contributed by atoms with Crippen molar-refractivity contribution in [3.63, 3.8) is 0 Å². The van der Waals surface area contributed by atoms with Gasteiger partial charge in [-0.2, -0.15) is 0 Å². The van der Waals surface area contributed by atoms with E-state index in [1.165, 1.54) is 0 Å². The smallest absolute Gasteiger partial charge is 0.249 e. The van der Waals surface area contributed by atoms with Crippen LogP contribution in [-0.2, 0) is 17.9 Å². The van der Waals surface area contributed by atoms with Crippen LogP contribution in [-0.4, -0.2) is 17.6 Å². The third-order valence-corrected chi connectivity index (χ3v) is 5.37. The Balaban J connectivity index is 2.03. The minimum absolute atomic E-state index is 0.467. The van der Waals surface area contributed by atoms with Gasteiger partial charge < -0.3 is 15.0 Å². The van der Waals surface area contributed by atoms with Crippen LogP contribution in [0.4, 0.5) is 0 Å². The molecule has 0 saturated heterocycles. The number of rotatable bonds is 5. The molecule has 4 nitrogen and oxygen atoms in total. The number of ether oxygens (including phenoxy) is 1. The number of nitrogens with two attached hydrogens (primary N) is 1. The van der Waals surface area contributed by atoms with Crippen molar-refractivity contribution in [1.82, 2.24) is 4.57 Å². The Hall–Kier alpha value is -2.53. The summed E-state index contributed by atoms with van der Waals surface area (Å²) in [6.07, 6.45) is 0. The largest absolute Gasteiger partial charge is 0.380 e. The third kappa shape index (κ3) is 3.24. The van der Waals surface area contributed by atoms with Gasteiger partial charge in [-0.25, -0.2) is 0 Å². The number of fused-ring (bicyclic) bond motifs is 3. The molecule has 0 fully saturated rings. The van der Waals surface area contributed by atoms with E-state index < -0.39 is 5.91 Å². The number of benzene rings is 3. The van der Waals surface area contributed by atoms with Crippen LogP contribution in [0.2, 0.25) is 10.0 Å². The lowest BCUT2D eigenvalue weighted by Crippen LogP contribution is -2.11. The lowest BCUT2D eigenvalue weighted by atomic mass is 10.0. The summed E-state index contributed by atoms with van der Waals surface area (Å²) in [5, 5.41) is 2.86. The van der Waals surface area contributed by atoms with Crippen LogP contribution in [0.3, 0.4) is 0 Å². The molecular formula is C22H17Cl2N2O2. The zero-order valence-electron chi connectivity index (χ0n) is 15.1. The van der Waals surface area contributed by atoms with E-state index in [9.17, 15) is 4.79 Å². The van der Waals surface area contributed by atoms with Gasteiger partial charge in [0, 0.05) is 40.0 Å². The van der Waals surface area contributed by atoms with Crippen molar-refractivity contribution in [2.45, 2.75) is 13.2 Å². The van der Waals surface area contributed by atoms with Crippen LogP contribution < -0.4 is 5.73 Å². The molecule has 0 aliphatic rings. The monoisotopic (exact) mass is 411 g/mol. The van der Waals surface area contributed by atoms with Gasteiger partial charge in [-0.3, -0.25) is 4.79 Å². The van der Waals surface area contributed by atoms with Crippen molar-refractivity contribution in [3.8, 4) is 0 Å². The molecule has 0 atom stereocenters. The number of halogens is 2. The Morgan fingerprint density at radius 3 is 2.75 bits per heavy atom. The van der Waals surface area contributed by atoms with Crippen LogP contribution >= 0.6 is 23.2 Å². The molecule has 0 unspecified atom stereocenters. The van der Waals surface area contributed by atoms with E-state index >= 15 is 0 Å². The molecule has 0 aliphatic heterocycles. The van der Waals surface area contributed by atoms with E-state index in [4.69, 9.17) is 33.7 Å². The lowest BCUT2D eigenvalue weighted by molar-refractivity contribution is 0.100. The molecule has 1 heterocycles.